The van der Waals surface area contributed by atoms with Crippen molar-refractivity contribution < 1.29 is 4.79 Å². The Labute approximate surface area is 92.0 Å². The molecule has 0 aromatic heterocycles. The molecule has 1 aliphatic carbocycles. The van der Waals surface area contributed by atoms with Crippen LogP contribution in [-0.4, -0.2) is 5.78 Å². The van der Waals surface area contributed by atoms with Crippen LogP contribution >= 0.6 is 11.6 Å². The number of allylic oxidation sites excluding steroid dienone is 1. The zero-order valence-electron chi connectivity index (χ0n) is 7.83. The summed E-state index contributed by atoms with van der Waals surface area (Å²) in [6.07, 6.45) is 1.48. The van der Waals surface area contributed by atoms with Gasteiger partial charge in [-0.15, -0.1) is 0 Å². The molecule has 0 saturated carbocycles. The fourth-order valence-electron chi connectivity index (χ4n) is 2.02. The average Bonchev–Trinajstić information content (AvgIpc) is 2.25. The molecule has 0 bridgehead atoms. The third kappa shape index (κ3) is 1.13. The van der Waals surface area contributed by atoms with Crippen molar-refractivity contribution in [3.05, 3.63) is 53.6 Å². The van der Waals surface area contributed by atoms with E-state index in [1.807, 2.05) is 36.4 Å². The number of rotatable bonds is 0. The van der Waals surface area contributed by atoms with Crippen molar-refractivity contribution in [2.24, 2.45) is 0 Å². The maximum atomic E-state index is 11.7. The summed E-state index contributed by atoms with van der Waals surface area (Å²) in [5.74, 6) is -0.00991. The summed E-state index contributed by atoms with van der Waals surface area (Å²) in [6, 6.07) is 11.6. The summed E-state index contributed by atoms with van der Waals surface area (Å²) in [5, 5.41) is 2.56. The Morgan fingerprint density at radius 2 is 1.60 bits per heavy atom. The molecule has 0 aliphatic heterocycles. The molecule has 0 spiro atoms. The van der Waals surface area contributed by atoms with Crippen molar-refractivity contribution in [3.8, 4) is 0 Å². The molecule has 0 heterocycles. The van der Waals surface area contributed by atoms with Gasteiger partial charge in [0, 0.05) is 22.6 Å². The number of ketones is 1. The maximum Gasteiger partial charge on any atom is 0.187 e. The Hall–Kier alpha value is -1.60. The molecular weight excluding hydrogens is 208 g/mol. The Kier molecular flexibility index (Phi) is 1.70. The Morgan fingerprint density at radius 1 is 0.933 bits per heavy atom. The SMILES string of the molecule is O=C1C=C(Cl)c2cccc3cccc1c23. The van der Waals surface area contributed by atoms with Gasteiger partial charge in [-0.05, 0) is 5.39 Å². The van der Waals surface area contributed by atoms with Gasteiger partial charge >= 0.3 is 0 Å². The highest BCUT2D eigenvalue weighted by Gasteiger charge is 2.18. The number of halogens is 1. The summed E-state index contributed by atoms with van der Waals surface area (Å²) in [7, 11) is 0. The van der Waals surface area contributed by atoms with Gasteiger partial charge in [0.05, 0.1) is 5.03 Å². The zero-order valence-corrected chi connectivity index (χ0v) is 8.58. The molecular formula is C13H7ClO. The van der Waals surface area contributed by atoms with Crippen LogP contribution < -0.4 is 0 Å². The second-order valence-corrected chi connectivity index (χ2v) is 3.97. The molecule has 2 aromatic carbocycles. The smallest absolute Gasteiger partial charge is 0.187 e. The molecule has 0 saturated heterocycles. The lowest BCUT2D eigenvalue weighted by molar-refractivity contribution is 0.104. The first-order valence-corrected chi connectivity index (χ1v) is 5.09. The predicted octanol–water partition coefficient (Wildman–Crippen LogP) is 3.62. The van der Waals surface area contributed by atoms with Crippen LogP contribution in [0.1, 0.15) is 15.9 Å². The fraction of sp³-hybridized carbons (Fsp3) is 0. The molecule has 0 unspecified atom stereocenters. The van der Waals surface area contributed by atoms with Crippen molar-refractivity contribution in [3.63, 3.8) is 0 Å². The Balaban J connectivity index is 2.57. The topological polar surface area (TPSA) is 17.1 Å². The van der Waals surface area contributed by atoms with E-state index in [1.54, 1.807) is 0 Å². The molecule has 0 amide bonds. The predicted molar refractivity (Wildman–Crippen MR) is 62.1 cm³/mol. The molecule has 0 atom stereocenters. The van der Waals surface area contributed by atoms with Crippen LogP contribution in [0.3, 0.4) is 0 Å². The van der Waals surface area contributed by atoms with Gasteiger partial charge < -0.3 is 0 Å². The molecule has 0 radical (unpaired) electrons. The highest BCUT2D eigenvalue weighted by Crippen LogP contribution is 2.34. The Morgan fingerprint density at radius 3 is 2.33 bits per heavy atom. The van der Waals surface area contributed by atoms with Crippen molar-refractivity contribution >= 4 is 33.2 Å². The van der Waals surface area contributed by atoms with Gasteiger partial charge in [0.2, 0.25) is 0 Å². The van der Waals surface area contributed by atoms with Crippen LogP contribution in [0, 0.1) is 0 Å². The second kappa shape index (κ2) is 2.94. The summed E-state index contributed by atoms with van der Waals surface area (Å²) in [6.45, 7) is 0. The van der Waals surface area contributed by atoms with Gasteiger partial charge in [-0.3, -0.25) is 4.79 Å². The lowest BCUT2D eigenvalue weighted by Crippen LogP contribution is -2.02. The van der Waals surface area contributed by atoms with E-state index in [9.17, 15) is 4.79 Å². The number of carbonyl (C=O) groups is 1. The van der Waals surface area contributed by atoms with Crippen molar-refractivity contribution in [2.75, 3.05) is 0 Å². The van der Waals surface area contributed by atoms with Crippen LogP contribution in [0.5, 0.6) is 0 Å². The third-order valence-corrected chi connectivity index (χ3v) is 3.00. The van der Waals surface area contributed by atoms with Crippen molar-refractivity contribution in [1.29, 1.82) is 0 Å². The van der Waals surface area contributed by atoms with Gasteiger partial charge in [0.1, 0.15) is 0 Å². The molecule has 1 nitrogen and oxygen atoms in total. The van der Waals surface area contributed by atoms with Crippen LogP contribution in [-0.2, 0) is 0 Å². The van der Waals surface area contributed by atoms with Gasteiger partial charge in [-0.1, -0.05) is 48.0 Å². The summed E-state index contributed by atoms with van der Waals surface area (Å²) in [5.41, 5.74) is 1.69. The minimum absolute atomic E-state index is 0.00991. The van der Waals surface area contributed by atoms with Gasteiger partial charge in [0.15, 0.2) is 5.78 Å². The first-order valence-electron chi connectivity index (χ1n) is 4.71. The van der Waals surface area contributed by atoms with E-state index in [-0.39, 0.29) is 5.78 Å². The molecule has 2 heteroatoms. The Bertz CT molecular complexity index is 606. The molecule has 72 valence electrons. The second-order valence-electron chi connectivity index (χ2n) is 3.57. The summed E-state index contributed by atoms with van der Waals surface area (Å²) in [4.78, 5) is 11.7. The first kappa shape index (κ1) is 8.69. The van der Waals surface area contributed by atoms with Crippen molar-refractivity contribution in [1.82, 2.24) is 0 Å². The first-order chi connectivity index (χ1) is 7.27. The van der Waals surface area contributed by atoms with E-state index < -0.39 is 0 Å². The molecule has 3 rings (SSSR count). The zero-order chi connectivity index (χ0) is 10.4. The number of hydrogen-bond donors (Lipinski definition) is 0. The molecule has 15 heavy (non-hydrogen) atoms. The monoisotopic (exact) mass is 214 g/mol. The van der Waals surface area contributed by atoms with Gasteiger partial charge in [0.25, 0.3) is 0 Å². The average molecular weight is 215 g/mol. The third-order valence-electron chi connectivity index (χ3n) is 2.69. The summed E-state index contributed by atoms with van der Waals surface area (Å²) < 4.78 is 0. The van der Waals surface area contributed by atoms with Crippen LogP contribution in [0.15, 0.2) is 42.5 Å². The van der Waals surface area contributed by atoms with E-state index in [1.165, 1.54) is 6.08 Å². The number of carbonyl (C=O) groups excluding carboxylic acids is 1. The molecule has 2 aromatic rings. The minimum atomic E-state index is -0.00991. The lowest BCUT2D eigenvalue weighted by atomic mass is 9.92. The number of benzene rings is 2. The quantitative estimate of drug-likeness (QED) is 0.655. The summed E-state index contributed by atoms with van der Waals surface area (Å²) >= 11 is 6.05. The van der Waals surface area contributed by atoms with E-state index in [0.717, 1.165) is 21.9 Å². The minimum Gasteiger partial charge on any atom is -0.289 e. The largest absolute Gasteiger partial charge is 0.289 e. The van der Waals surface area contributed by atoms with E-state index in [4.69, 9.17) is 11.6 Å². The molecule has 0 fully saturated rings. The van der Waals surface area contributed by atoms with Crippen LogP contribution in [0.25, 0.3) is 15.8 Å². The van der Waals surface area contributed by atoms with Crippen molar-refractivity contribution in [2.45, 2.75) is 0 Å². The highest BCUT2D eigenvalue weighted by atomic mass is 35.5. The lowest BCUT2D eigenvalue weighted by Gasteiger charge is -2.13. The maximum absolute atomic E-state index is 11.7. The van der Waals surface area contributed by atoms with E-state index >= 15 is 0 Å². The van der Waals surface area contributed by atoms with E-state index in [0.29, 0.717) is 5.03 Å². The van der Waals surface area contributed by atoms with E-state index in [2.05, 4.69) is 0 Å². The fourth-order valence-corrected chi connectivity index (χ4v) is 2.27. The molecule has 0 N–H and O–H groups in total. The normalized spacial score (nSPS) is 14.2. The van der Waals surface area contributed by atoms with Crippen LogP contribution in [0.2, 0.25) is 0 Å². The van der Waals surface area contributed by atoms with Crippen LogP contribution in [0.4, 0.5) is 0 Å². The van der Waals surface area contributed by atoms with Gasteiger partial charge in [-0.2, -0.15) is 0 Å². The highest BCUT2D eigenvalue weighted by molar-refractivity contribution is 6.53. The van der Waals surface area contributed by atoms with Gasteiger partial charge in [-0.25, -0.2) is 0 Å². The number of hydrogen-bond acceptors (Lipinski definition) is 1. The molecule has 1 aliphatic rings. The standard InChI is InChI=1S/C13H7ClO/c14-11-7-12(15)10-6-2-4-8-3-1-5-9(11)13(8)10/h1-7H.